The zero-order chi connectivity index (χ0) is 11.5. The van der Waals surface area contributed by atoms with Gasteiger partial charge in [0.2, 0.25) is 0 Å². The first kappa shape index (κ1) is 13.6. The number of Topliss-reactive ketones (excluding diaryl/α,β-unsaturated/α-hetero) is 1. The van der Waals surface area contributed by atoms with Gasteiger partial charge in [0.05, 0.1) is 15.9 Å². The smallest absolute Gasteiger partial charge is 0.140 e. The van der Waals surface area contributed by atoms with E-state index in [1.165, 1.54) is 0 Å². The molecule has 0 amide bonds. The lowest BCUT2D eigenvalue weighted by molar-refractivity contribution is -0.128. The first-order valence-electron chi connectivity index (χ1n) is 5.16. The summed E-state index contributed by atoms with van der Waals surface area (Å²) in [7, 11) is -4.33. The first-order chi connectivity index (χ1) is 6.69. The second-order valence-corrected chi connectivity index (χ2v) is 6.77. The number of hydrogen-bond donors (Lipinski definition) is 1. The summed E-state index contributed by atoms with van der Waals surface area (Å²) in [6, 6.07) is 0. The Labute approximate surface area is 95.9 Å². The molecule has 2 saturated carbocycles. The monoisotopic (exact) mass is 249 g/mol. The van der Waals surface area contributed by atoms with Crippen molar-refractivity contribution in [3.8, 4) is 0 Å². The topological polar surface area (TPSA) is 111 Å². The Morgan fingerprint density at radius 1 is 1.44 bits per heavy atom. The predicted molar refractivity (Wildman–Crippen MR) is 59.1 cm³/mol. The molecular weight excluding hydrogens is 230 g/mol. The van der Waals surface area contributed by atoms with Crippen LogP contribution in [-0.4, -0.2) is 24.5 Å². The lowest BCUT2D eigenvalue weighted by atomic mass is 9.70. The second kappa shape index (κ2) is 3.51. The largest absolute Gasteiger partial charge is 0.748 e. The van der Waals surface area contributed by atoms with E-state index in [-0.39, 0.29) is 23.3 Å². The third kappa shape index (κ3) is 1.59. The fraction of sp³-hybridized carbons (Fsp3) is 0.900. The molecule has 0 aromatic carbocycles. The Morgan fingerprint density at radius 3 is 2.31 bits per heavy atom. The standard InChI is InChI=1S/C10H16O4S.H3N/c1-9(2)7-3-4-10(9,8(11)5-7)6-15(12,13)14;/h7H,3-6H2,1-2H3,(H,12,13,14);1H3/t7-,10+;/m0./s1. The van der Waals surface area contributed by atoms with Gasteiger partial charge in [-0.1, -0.05) is 13.8 Å². The quantitative estimate of drug-likeness (QED) is 0.743. The van der Waals surface area contributed by atoms with E-state index in [1.807, 2.05) is 13.8 Å². The summed E-state index contributed by atoms with van der Waals surface area (Å²) in [5, 5.41) is 0. The SMILES string of the molecule is CC1(C)[C@H]2CC[C@@]1(CS(=O)(=O)[O-])C(=O)C2.[NH4+]. The number of carbonyl (C=O) groups is 1. The first-order valence-corrected chi connectivity index (χ1v) is 6.74. The van der Waals surface area contributed by atoms with E-state index in [0.717, 1.165) is 6.42 Å². The molecular formula is C10H19NO4S. The van der Waals surface area contributed by atoms with E-state index in [9.17, 15) is 17.8 Å². The number of quaternary nitrogens is 1. The number of ketones is 1. The van der Waals surface area contributed by atoms with Crippen LogP contribution < -0.4 is 6.15 Å². The molecule has 2 atom stereocenters. The van der Waals surface area contributed by atoms with Crippen LogP contribution >= 0.6 is 0 Å². The van der Waals surface area contributed by atoms with Crippen molar-refractivity contribution in [2.45, 2.75) is 33.1 Å². The summed E-state index contributed by atoms with van der Waals surface area (Å²) in [6.45, 7) is 3.83. The summed E-state index contributed by atoms with van der Waals surface area (Å²) in [5.41, 5.74) is -1.22. The highest BCUT2D eigenvalue weighted by Crippen LogP contribution is 2.64. The van der Waals surface area contributed by atoms with Gasteiger partial charge in [0, 0.05) is 11.8 Å². The molecule has 0 heterocycles. The van der Waals surface area contributed by atoms with Crippen molar-refractivity contribution < 1.29 is 17.8 Å². The number of hydrogen-bond acceptors (Lipinski definition) is 4. The van der Waals surface area contributed by atoms with Crippen LogP contribution in [0.3, 0.4) is 0 Å². The summed E-state index contributed by atoms with van der Waals surface area (Å²) in [6.07, 6.45) is 1.88. The van der Waals surface area contributed by atoms with Gasteiger partial charge in [-0.2, -0.15) is 0 Å². The van der Waals surface area contributed by atoms with Crippen LogP contribution in [0, 0.1) is 16.7 Å². The van der Waals surface area contributed by atoms with Crippen molar-refractivity contribution in [3.63, 3.8) is 0 Å². The maximum absolute atomic E-state index is 11.8. The molecule has 16 heavy (non-hydrogen) atoms. The molecule has 0 aromatic heterocycles. The molecule has 0 spiro atoms. The van der Waals surface area contributed by atoms with Crippen LogP contribution in [0.4, 0.5) is 0 Å². The fourth-order valence-corrected chi connectivity index (χ4v) is 4.69. The number of rotatable bonds is 2. The van der Waals surface area contributed by atoms with E-state index in [4.69, 9.17) is 0 Å². The zero-order valence-electron chi connectivity index (χ0n) is 9.95. The Kier molecular flexibility index (Phi) is 2.99. The van der Waals surface area contributed by atoms with Crippen LogP contribution in [-0.2, 0) is 14.9 Å². The third-order valence-corrected chi connectivity index (χ3v) is 5.41. The maximum Gasteiger partial charge on any atom is 0.140 e. The van der Waals surface area contributed by atoms with Gasteiger partial charge in [0.15, 0.2) is 0 Å². The van der Waals surface area contributed by atoms with Crippen LogP contribution in [0.15, 0.2) is 0 Å². The zero-order valence-corrected chi connectivity index (χ0v) is 10.8. The second-order valence-electron chi connectivity index (χ2n) is 5.37. The molecule has 2 fully saturated rings. The molecule has 0 aliphatic heterocycles. The Hall–Kier alpha value is -0.460. The van der Waals surface area contributed by atoms with Crippen molar-refractivity contribution in [1.82, 2.24) is 6.15 Å². The van der Waals surface area contributed by atoms with Crippen molar-refractivity contribution in [2.24, 2.45) is 16.7 Å². The molecule has 0 aromatic rings. The maximum atomic E-state index is 11.8. The number of carbonyl (C=O) groups excluding carboxylic acids is 1. The average molecular weight is 249 g/mol. The normalized spacial score (nSPS) is 36.2. The van der Waals surface area contributed by atoms with E-state index in [0.29, 0.717) is 12.8 Å². The van der Waals surface area contributed by atoms with Crippen molar-refractivity contribution in [1.29, 1.82) is 0 Å². The molecule has 6 heteroatoms. The van der Waals surface area contributed by atoms with E-state index >= 15 is 0 Å². The molecule has 0 saturated heterocycles. The summed E-state index contributed by atoms with van der Waals surface area (Å²) < 4.78 is 32.7. The highest BCUT2D eigenvalue weighted by molar-refractivity contribution is 7.85. The van der Waals surface area contributed by atoms with Gasteiger partial charge in [-0.3, -0.25) is 4.79 Å². The highest BCUT2D eigenvalue weighted by atomic mass is 32.2. The molecule has 4 N–H and O–H groups in total. The minimum absolute atomic E-state index is 0. The van der Waals surface area contributed by atoms with Gasteiger partial charge >= 0.3 is 0 Å². The highest BCUT2D eigenvalue weighted by Gasteiger charge is 2.64. The molecule has 2 rings (SSSR count). The minimum atomic E-state index is -4.33. The lowest BCUT2D eigenvalue weighted by Crippen LogP contribution is -2.42. The van der Waals surface area contributed by atoms with Gasteiger partial charge < -0.3 is 10.7 Å². The molecule has 94 valence electrons. The van der Waals surface area contributed by atoms with Gasteiger partial charge in [-0.15, -0.1) is 0 Å². The minimum Gasteiger partial charge on any atom is -0.748 e. The van der Waals surface area contributed by atoms with Crippen LogP contribution in [0.25, 0.3) is 0 Å². The average Bonchev–Trinajstić information content (AvgIpc) is 2.34. The molecule has 5 nitrogen and oxygen atoms in total. The van der Waals surface area contributed by atoms with Crippen molar-refractivity contribution in [3.05, 3.63) is 0 Å². The Morgan fingerprint density at radius 2 is 2.00 bits per heavy atom. The molecule has 2 aliphatic carbocycles. The summed E-state index contributed by atoms with van der Waals surface area (Å²) in [4.78, 5) is 11.8. The number of fused-ring (bicyclic) bond motifs is 2. The summed E-state index contributed by atoms with van der Waals surface area (Å²) >= 11 is 0. The van der Waals surface area contributed by atoms with E-state index in [2.05, 4.69) is 0 Å². The molecule has 2 aliphatic rings. The van der Waals surface area contributed by atoms with Gasteiger partial charge in [0.25, 0.3) is 0 Å². The fourth-order valence-electron chi connectivity index (χ4n) is 3.41. The Balaban J connectivity index is 0.00000128. The Bertz CT molecular complexity index is 415. The molecule has 0 unspecified atom stereocenters. The van der Waals surface area contributed by atoms with Crippen molar-refractivity contribution in [2.75, 3.05) is 5.75 Å². The predicted octanol–water partition coefficient (Wildman–Crippen LogP) is 1.30. The van der Waals surface area contributed by atoms with Crippen LogP contribution in [0.5, 0.6) is 0 Å². The van der Waals surface area contributed by atoms with Crippen molar-refractivity contribution >= 4 is 15.9 Å². The van der Waals surface area contributed by atoms with Crippen LogP contribution in [0.2, 0.25) is 0 Å². The lowest BCUT2D eigenvalue weighted by Gasteiger charge is -2.37. The third-order valence-electron chi connectivity index (χ3n) is 4.56. The summed E-state index contributed by atoms with van der Waals surface area (Å²) in [5.74, 6) is -0.280. The van der Waals surface area contributed by atoms with E-state index in [1.54, 1.807) is 0 Å². The van der Waals surface area contributed by atoms with Gasteiger partial charge in [-0.05, 0) is 24.2 Å². The van der Waals surface area contributed by atoms with Gasteiger partial charge in [-0.25, -0.2) is 8.42 Å². The molecule has 2 bridgehead atoms. The van der Waals surface area contributed by atoms with Crippen LogP contribution in [0.1, 0.15) is 33.1 Å². The molecule has 0 radical (unpaired) electrons. The van der Waals surface area contributed by atoms with Gasteiger partial charge in [0.1, 0.15) is 5.78 Å². The van der Waals surface area contributed by atoms with E-state index < -0.39 is 21.3 Å².